The largest absolute Gasteiger partial charge is 0.325 e. The summed E-state index contributed by atoms with van der Waals surface area (Å²) in [5, 5.41) is 5.90. The van der Waals surface area contributed by atoms with Gasteiger partial charge in [-0.25, -0.2) is 4.98 Å². The van der Waals surface area contributed by atoms with Gasteiger partial charge < -0.3 is 5.32 Å². The van der Waals surface area contributed by atoms with E-state index in [4.69, 9.17) is 4.98 Å². The number of hydrogen-bond donors (Lipinski definition) is 1. The normalized spacial score (nSPS) is 10.9. The second kappa shape index (κ2) is 10.8. The van der Waals surface area contributed by atoms with E-state index in [1.807, 2.05) is 43.3 Å². The molecule has 0 fully saturated rings. The molecule has 0 aliphatic carbocycles. The second-order valence-electron chi connectivity index (χ2n) is 7.89. The first-order chi connectivity index (χ1) is 15.7. The Hall–Kier alpha value is -3.28. The molecule has 0 aliphatic rings. The van der Waals surface area contributed by atoms with Gasteiger partial charge in [-0.15, -0.1) is 11.3 Å². The molecule has 1 amide bonds. The molecule has 5 heteroatoms. The lowest BCUT2D eigenvalue weighted by molar-refractivity contribution is -0.115. The minimum Gasteiger partial charge on any atom is -0.325 e. The predicted octanol–water partition coefficient (Wildman–Crippen LogP) is 5.84. The van der Waals surface area contributed by atoms with Crippen LogP contribution in [-0.4, -0.2) is 15.8 Å². The number of anilines is 1. The molecule has 162 valence electrons. The predicted molar refractivity (Wildman–Crippen MR) is 131 cm³/mol. The molecule has 4 rings (SSSR count). The molecule has 32 heavy (non-hydrogen) atoms. The van der Waals surface area contributed by atoms with E-state index in [9.17, 15) is 4.79 Å². The van der Waals surface area contributed by atoms with E-state index in [-0.39, 0.29) is 12.3 Å². The van der Waals surface area contributed by atoms with Gasteiger partial charge in [-0.3, -0.25) is 9.69 Å². The molecule has 0 atom stereocenters. The third-order valence-electron chi connectivity index (χ3n) is 5.21. The van der Waals surface area contributed by atoms with Crippen molar-refractivity contribution in [3.05, 3.63) is 118 Å². The van der Waals surface area contributed by atoms with Crippen LogP contribution in [0.4, 0.5) is 5.69 Å². The third kappa shape index (κ3) is 6.36. The minimum absolute atomic E-state index is 0.0365. The zero-order chi connectivity index (χ0) is 22.2. The summed E-state index contributed by atoms with van der Waals surface area (Å²) in [6.45, 7) is 4.41. The second-order valence-corrected chi connectivity index (χ2v) is 8.83. The first-order valence-electron chi connectivity index (χ1n) is 10.7. The van der Waals surface area contributed by atoms with Crippen LogP contribution in [0.3, 0.4) is 0 Å². The van der Waals surface area contributed by atoms with Crippen molar-refractivity contribution in [3.63, 3.8) is 0 Å². The van der Waals surface area contributed by atoms with Crippen LogP contribution in [0.5, 0.6) is 0 Å². The third-order valence-corrected chi connectivity index (χ3v) is 6.11. The highest BCUT2D eigenvalue weighted by Gasteiger charge is 2.13. The summed E-state index contributed by atoms with van der Waals surface area (Å²) in [6.07, 6.45) is 0.288. The van der Waals surface area contributed by atoms with E-state index in [2.05, 4.69) is 64.1 Å². The molecule has 1 heterocycles. The molecule has 1 aromatic heterocycles. The fraction of sp³-hybridized carbons (Fsp3) is 0.185. The van der Waals surface area contributed by atoms with Crippen LogP contribution in [-0.2, 0) is 30.8 Å². The number of nitrogens with zero attached hydrogens (tertiary/aromatic N) is 2. The quantitative estimate of drug-likeness (QED) is 0.355. The topological polar surface area (TPSA) is 45.2 Å². The van der Waals surface area contributed by atoms with Gasteiger partial charge in [-0.1, -0.05) is 78.9 Å². The van der Waals surface area contributed by atoms with Crippen molar-refractivity contribution >= 4 is 22.9 Å². The van der Waals surface area contributed by atoms with Gasteiger partial charge in [0.2, 0.25) is 5.91 Å². The van der Waals surface area contributed by atoms with Crippen molar-refractivity contribution in [2.24, 2.45) is 0 Å². The minimum atomic E-state index is -0.0365. The number of aryl methyl sites for hydroxylation is 1. The number of benzene rings is 3. The van der Waals surface area contributed by atoms with E-state index in [1.54, 1.807) is 11.3 Å². The van der Waals surface area contributed by atoms with Gasteiger partial charge in [-0.05, 0) is 29.7 Å². The Kier molecular flexibility index (Phi) is 7.43. The van der Waals surface area contributed by atoms with Crippen molar-refractivity contribution in [1.82, 2.24) is 9.88 Å². The van der Waals surface area contributed by atoms with Crippen molar-refractivity contribution in [1.29, 1.82) is 0 Å². The molecular weight excluding hydrogens is 414 g/mol. The number of para-hydroxylation sites is 1. The Morgan fingerprint density at radius 3 is 2.06 bits per heavy atom. The van der Waals surface area contributed by atoms with Gasteiger partial charge in [0.05, 0.1) is 12.1 Å². The maximum Gasteiger partial charge on any atom is 0.231 e. The number of carbonyl (C=O) groups is 1. The highest BCUT2D eigenvalue weighted by atomic mass is 32.1. The Bertz CT molecular complexity index is 1100. The zero-order valence-electron chi connectivity index (χ0n) is 18.2. The summed E-state index contributed by atoms with van der Waals surface area (Å²) in [7, 11) is 0. The molecule has 0 radical (unpaired) electrons. The summed E-state index contributed by atoms with van der Waals surface area (Å²) >= 11 is 1.55. The van der Waals surface area contributed by atoms with Gasteiger partial charge in [0.25, 0.3) is 0 Å². The average molecular weight is 442 g/mol. The first kappa shape index (κ1) is 21.9. The lowest BCUT2D eigenvalue weighted by Gasteiger charge is -2.21. The van der Waals surface area contributed by atoms with Gasteiger partial charge in [-0.2, -0.15) is 0 Å². The molecule has 0 aliphatic heterocycles. The van der Waals surface area contributed by atoms with Crippen molar-refractivity contribution in [3.8, 4) is 0 Å². The number of carbonyl (C=O) groups excluding carboxylic acids is 1. The van der Waals surface area contributed by atoms with E-state index in [0.717, 1.165) is 41.6 Å². The fourth-order valence-electron chi connectivity index (χ4n) is 3.63. The highest BCUT2D eigenvalue weighted by molar-refractivity contribution is 7.09. The number of nitrogens with one attached hydrogen (secondary N) is 1. The standard InChI is InChI=1S/C27H27N3OS/c1-21-10-8-9-15-25(21)29-26(31)16-27-28-24(20-32-27)19-30(17-22-11-4-2-5-12-22)18-23-13-6-3-7-14-23/h2-15,20H,16-19H2,1H3,(H,29,31). The van der Waals surface area contributed by atoms with E-state index >= 15 is 0 Å². The van der Waals surface area contributed by atoms with Crippen molar-refractivity contribution in [2.75, 3.05) is 5.32 Å². The molecule has 0 bridgehead atoms. The number of thiazole rings is 1. The summed E-state index contributed by atoms with van der Waals surface area (Å²) in [4.78, 5) is 19.6. The molecule has 4 aromatic rings. The summed E-state index contributed by atoms with van der Waals surface area (Å²) in [6, 6.07) is 28.8. The van der Waals surface area contributed by atoms with E-state index < -0.39 is 0 Å². The van der Waals surface area contributed by atoms with Gasteiger partial charge in [0, 0.05) is 30.7 Å². The lowest BCUT2D eigenvalue weighted by Crippen LogP contribution is -2.22. The van der Waals surface area contributed by atoms with E-state index in [0.29, 0.717) is 0 Å². The van der Waals surface area contributed by atoms with Crippen LogP contribution in [0.25, 0.3) is 0 Å². The molecule has 0 saturated carbocycles. The Balaban J connectivity index is 1.41. The molecular formula is C27H27N3OS. The van der Waals surface area contributed by atoms with Crippen LogP contribution in [0, 0.1) is 6.92 Å². The zero-order valence-corrected chi connectivity index (χ0v) is 19.0. The van der Waals surface area contributed by atoms with Gasteiger partial charge >= 0.3 is 0 Å². The Morgan fingerprint density at radius 2 is 1.44 bits per heavy atom. The Morgan fingerprint density at radius 1 is 0.844 bits per heavy atom. The number of amides is 1. The number of hydrogen-bond acceptors (Lipinski definition) is 4. The lowest BCUT2D eigenvalue weighted by atomic mass is 10.1. The maximum absolute atomic E-state index is 12.5. The van der Waals surface area contributed by atoms with E-state index in [1.165, 1.54) is 11.1 Å². The Labute approximate surface area is 193 Å². The van der Waals surface area contributed by atoms with Gasteiger partial charge in [0.1, 0.15) is 5.01 Å². The van der Waals surface area contributed by atoms with Crippen LogP contribution in [0.1, 0.15) is 27.4 Å². The molecule has 4 nitrogen and oxygen atoms in total. The van der Waals surface area contributed by atoms with Crippen LogP contribution in [0.15, 0.2) is 90.3 Å². The summed E-state index contributed by atoms with van der Waals surface area (Å²) < 4.78 is 0. The average Bonchev–Trinajstić information content (AvgIpc) is 3.23. The molecule has 3 aromatic carbocycles. The molecule has 0 spiro atoms. The number of aromatic nitrogens is 1. The van der Waals surface area contributed by atoms with Crippen LogP contribution < -0.4 is 5.32 Å². The maximum atomic E-state index is 12.5. The number of rotatable bonds is 9. The van der Waals surface area contributed by atoms with Crippen LogP contribution in [0.2, 0.25) is 0 Å². The highest BCUT2D eigenvalue weighted by Crippen LogP contribution is 2.18. The SMILES string of the molecule is Cc1ccccc1NC(=O)Cc1nc(CN(Cc2ccccc2)Cc2ccccc2)cs1. The van der Waals surface area contributed by atoms with Crippen molar-refractivity contribution < 1.29 is 4.79 Å². The molecule has 0 unspecified atom stereocenters. The summed E-state index contributed by atoms with van der Waals surface area (Å²) in [5.74, 6) is -0.0365. The monoisotopic (exact) mass is 441 g/mol. The van der Waals surface area contributed by atoms with Crippen LogP contribution >= 0.6 is 11.3 Å². The fourth-order valence-corrected chi connectivity index (χ4v) is 4.41. The smallest absolute Gasteiger partial charge is 0.231 e. The first-order valence-corrected chi connectivity index (χ1v) is 11.6. The molecule has 0 saturated heterocycles. The summed E-state index contributed by atoms with van der Waals surface area (Å²) in [5.41, 5.74) is 5.46. The molecule has 1 N–H and O–H groups in total. The van der Waals surface area contributed by atoms with Crippen molar-refractivity contribution in [2.45, 2.75) is 33.0 Å². The van der Waals surface area contributed by atoms with Gasteiger partial charge in [0.15, 0.2) is 0 Å².